The van der Waals surface area contributed by atoms with Crippen molar-refractivity contribution in [2.75, 3.05) is 11.1 Å². The third kappa shape index (κ3) is 3.05. The topological polar surface area (TPSA) is 38.0 Å². The second kappa shape index (κ2) is 5.59. The molecule has 0 saturated carbocycles. The van der Waals surface area contributed by atoms with Crippen LogP contribution in [0.2, 0.25) is 0 Å². The van der Waals surface area contributed by atoms with Crippen LogP contribution in [0, 0.1) is 5.82 Å². The van der Waals surface area contributed by atoms with Crippen molar-refractivity contribution in [3.05, 3.63) is 49.6 Å². The standard InChI is InChI=1S/C12H8Br3FN2/c13-6-1-2-11(8(15)3-6)18-12-5-9(16)7(14)4-10(12)17/h1-5,18H,17H2. The molecule has 0 radical (unpaired) electrons. The molecule has 0 unspecified atom stereocenters. The third-order valence-electron chi connectivity index (χ3n) is 2.29. The lowest BCUT2D eigenvalue weighted by Gasteiger charge is -2.12. The quantitative estimate of drug-likeness (QED) is 0.613. The second-order valence-electron chi connectivity index (χ2n) is 3.60. The van der Waals surface area contributed by atoms with Crippen LogP contribution in [0.4, 0.5) is 21.5 Å². The summed E-state index contributed by atoms with van der Waals surface area (Å²) in [5.74, 6) is -0.361. The first-order chi connectivity index (χ1) is 8.47. The van der Waals surface area contributed by atoms with Gasteiger partial charge < -0.3 is 11.1 Å². The first-order valence-corrected chi connectivity index (χ1v) is 7.32. The largest absolute Gasteiger partial charge is 0.397 e. The lowest BCUT2D eigenvalue weighted by Crippen LogP contribution is -1.98. The van der Waals surface area contributed by atoms with Crippen molar-refractivity contribution in [3.63, 3.8) is 0 Å². The van der Waals surface area contributed by atoms with Crippen LogP contribution in [-0.4, -0.2) is 0 Å². The molecule has 0 heterocycles. The lowest BCUT2D eigenvalue weighted by atomic mass is 10.2. The van der Waals surface area contributed by atoms with Crippen molar-refractivity contribution < 1.29 is 4.39 Å². The molecule has 18 heavy (non-hydrogen) atoms. The van der Waals surface area contributed by atoms with E-state index in [-0.39, 0.29) is 5.82 Å². The maximum absolute atomic E-state index is 13.5. The molecular formula is C12H8Br3FN2. The number of nitrogens with one attached hydrogen (secondary N) is 1. The number of nitrogens with two attached hydrogens (primary N) is 1. The molecule has 0 aliphatic rings. The Labute approximate surface area is 129 Å². The fourth-order valence-electron chi connectivity index (χ4n) is 1.41. The molecule has 0 aliphatic heterocycles. The highest BCUT2D eigenvalue weighted by molar-refractivity contribution is 9.11. The van der Waals surface area contributed by atoms with Gasteiger partial charge in [-0.15, -0.1) is 0 Å². The Morgan fingerprint density at radius 2 is 1.67 bits per heavy atom. The minimum absolute atomic E-state index is 0.348. The van der Waals surface area contributed by atoms with E-state index in [1.807, 2.05) is 18.2 Å². The van der Waals surface area contributed by atoms with Gasteiger partial charge in [0.25, 0.3) is 0 Å². The van der Waals surface area contributed by atoms with Gasteiger partial charge in [0.2, 0.25) is 0 Å². The number of rotatable bonds is 2. The molecular weight excluding hydrogens is 431 g/mol. The first kappa shape index (κ1) is 13.8. The molecule has 3 N–H and O–H groups in total. The van der Waals surface area contributed by atoms with Crippen LogP contribution in [0.1, 0.15) is 0 Å². The smallest absolute Gasteiger partial charge is 0.139 e. The summed E-state index contributed by atoms with van der Waals surface area (Å²) in [5, 5.41) is 3.08. The molecule has 0 spiro atoms. The average Bonchev–Trinajstić information content (AvgIpc) is 2.29. The summed E-state index contributed by atoms with van der Waals surface area (Å²) in [6, 6.07) is 8.54. The second-order valence-corrected chi connectivity index (χ2v) is 6.23. The minimum atomic E-state index is -0.361. The van der Waals surface area contributed by atoms with E-state index in [0.29, 0.717) is 15.8 Å². The highest BCUT2D eigenvalue weighted by Gasteiger charge is 2.08. The summed E-state index contributed by atoms with van der Waals surface area (Å²) in [6.07, 6.45) is 0. The minimum Gasteiger partial charge on any atom is -0.397 e. The molecule has 2 rings (SSSR count). The van der Waals surface area contributed by atoms with Crippen LogP contribution in [0.25, 0.3) is 0 Å². The Kier molecular flexibility index (Phi) is 4.29. The Morgan fingerprint density at radius 3 is 2.33 bits per heavy atom. The molecule has 0 amide bonds. The van der Waals surface area contributed by atoms with Crippen molar-refractivity contribution in [1.29, 1.82) is 0 Å². The fourth-order valence-corrected chi connectivity index (χ4v) is 2.91. The zero-order valence-corrected chi connectivity index (χ0v) is 13.7. The molecule has 0 atom stereocenters. The van der Waals surface area contributed by atoms with Gasteiger partial charge in [-0.2, -0.15) is 0 Å². The molecule has 2 aromatic carbocycles. The molecule has 0 bridgehead atoms. The Hall–Kier alpha value is -0.590. The summed E-state index contributed by atoms with van der Waals surface area (Å²) in [4.78, 5) is 0. The van der Waals surface area contributed by atoms with E-state index in [9.17, 15) is 4.39 Å². The van der Waals surface area contributed by atoms with Crippen molar-refractivity contribution >= 4 is 64.9 Å². The zero-order valence-electron chi connectivity index (χ0n) is 8.98. The van der Waals surface area contributed by atoms with Gasteiger partial charge in [0, 0.05) is 15.0 Å². The van der Waals surface area contributed by atoms with E-state index in [0.717, 1.165) is 14.6 Å². The van der Waals surface area contributed by atoms with Gasteiger partial charge in [-0.3, -0.25) is 0 Å². The molecule has 0 aliphatic carbocycles. The van der Waals surface area contributed by atoms with Gasteiger partial charge in [-0.1, -0.05) is 15.9 Å². The van der Waals surface area contributed by atoms with E-state index in [1.54, 1.807) is 0 Å². The highest BCUT2D eigenvalue weighted by Crippen LogP contribution is 2.33. The molecule has 94 valence electrons. The van der Waals surface area contributed by atoms with Crippen LogP contribution in [0.5, 0.6) is 0 Å². The van der Waals surface area contributed by atoms with Crippen LogP contribution >= 0.6 is 47.8 Å². The summed E-state index contributed by atoms with van der Waals surface area (Å²) < 4.78 is 15.6. The maximum Gasteiger partial charge on any atom is 0.139 e. The summed E-state index contributed by atoms with van der Waals surface area (Å²) in [7, 11) is 0. The van der Waals surface area contributed by atoms with Crippen molar-refractivity contribution in [1.82, 2.24) is 0 Å². The van der Waals surface area contributed by atoms with Crippen LogP contribution in [-0.2, 0) is 0 Å². The van der Waals surface area contributed by atoms with Crippen LogP contribution < -0.4 is 11.1 Å². The summed E-state index contributed by atoms with van der Waals surface area (Å²) in [6.45, 7) is 0. The Balaban J connectivity index is 2.37. The van der Waals surface area contributed by atoms with Crippen LogP contribution in [0.3, 0.4) is 0 Å². The van der Waals surface area contributed by atoms with E-state index in [4.69, 9.17) is 5.73 Å². The number of benzene rings is 2. The van der Waals surface area contributed by atoms with Gasteiger partial charge >= 0.3 is 0 Å². The van der Waals surface area contributed by atoms with E-state index >= 15 is 0 Å². The molecule has 0 fully saturated rings. The molecule has 0 saturated heterocycles. The Morgan fingerprint density at radius 1 is 0.944 bits per heavy atom. The van der Waals surface area contributed by atoms with Gasteiger partial charge in [-0.05, 0) is 56.1 Å². The Bertz CT molecular complexity index is 602. The lowest BCUT2D eigenvalue weighted by molar-refractivity contribution is 0.622. The summed E-state index contributed by atoms with van der Waals surface area (Å²) >= 11 is 9.89. The number of hydrogen-bond acceptors (Lipinski definition) is 2. The molecule has 0 aromatic heterocycles. The number of anilines is 3. The molecule has 2 nitrogen and oxygen atoms in total. The van der Waals surface area contributed by atoms with Gasteiger partial charge in [-0.25, -0.2) is 4.39 Å². The fraction of sp³-hybridized carbons (Fsp3) is 0. The first-order valence-electron chi connectivity index (χ1n) is 4.94. The van der Waals surface area contributed by atoms with E-state index in [1.165, 1.54) is 12.1 Å². The molecule has 2 aromatic rings. The average molecular weight is 439 g/mol. The normalized spacial score (nSPS) is 10.4. The third-order valence-corrected chi connectivity index (χ3v) is 4.05. The van der Waals surface area contributed by atoms with Gasteiger partial charge in [0.05, 0.1) is 21.5 Å². The number of hydrogen-bond donors (Lipinski definition) is 2. The monoisotopic (exact) mass is 436 g/mol. The SMILES string of the molecule is Nc1cc(Br)c(F)cc1Nc1ccc(Br)cc1Br. The van der Waals surface area contributed by atoms with Crippen molar-refractivity contribution in [3.8, 4) is 0 Å². The van der Waals surface area contributed by atoms with E-state index in [2.05, 4.69) is 53.1 Å². The predicted octanol–water partition coefficient (Wildman–Crippen LogP) is 5.44. The summed E-state index contributed by atoms with van der Waals surface area (Å²) in [5.41, 5.74) is 7.64. The zero-order chi connectivity index (χ0) is 13.3. The van der Waals surface area contributed by atoms with Crippen LogP contribution in [0.15, 0.2) is 43.7 Å². The maximum atomic E-state index is 13.5. The van der Waals surface area contributed by atoms with Gasteiger partial charge in [0.15, 0.2) is 0 Å². The highest BCUT2D eigenvalue weighted by atomic mass is 79.9. The molecule has 6 heteroatoms. The van der Waals surface area contributed by atoms with E-state index < -0.39 is 0 Å². The predicted molar refractivity (Wildman–Crippen MR) is 83.6 cm³/mol. The van der Waals surface area contributed by atoms with Gasteiger partial charge in [0.1, 0.15) is 5.82 Å². The number of halogens is 4. The number of nitrogen functional groups attached to an aromatic ring is 1. The van der Waals surface area contributed by atoms with Crippen molar-refractivity contribution in [2.24, 2.45) is 0 Å². The van der Waals surface area contributed by atoms with Crippen molar-refractivity contribution in [2.45, 2.75) is 0 Å².